The zero-order chi connectivity index (χ0) is 16.8. The summed E-state index contributed by atoms with van der Waals surface area (Å²) in [5.74, 6) is 0.453. The maximum absolute atomic E-state index is 12.0. The van der Waals surface area contributed by atoms with E-state index >= 15 is 0 Å². The number of carbonyl (C=O) groups is 1. The minimum Gasteiger partial charge on any atom is -0.375 e. The van der Waals surface area contributed by atoms with E-state index < -0.39 is 0 Å². The fourth-order valence-electron chi connectivity index (χ4n) is 3.61. The summed E-state index contributed by atoms with van der Waals surface area (Å²) >= 11 is 0. The first kappa shape index (κ1) is 16.9. The molecule has 2 nitrogen and oxygen atoms in total. The molecule has 2 aromatic rings. The minimum absolute atomic E-state index is 0.147. The predicted molar refractivity (Wildman–Crippen MR) is 97.0 cm³/mol. The highest BCUT2D eigenvalue weighted by atomic mass is 16.5. The van der Waals surface area contributed by atoms with E-state index in [-0.39, 0.29) is 18.1 Å². The Kier molecular flexibility index (Phi) is 5.81. The number of carbonyl (C=O) groups excluding carboxylic acids is 1. The van der Waals surface area contributed by atoms with Gasteiger partial charge in [-0.15, -0.1) is 0 Å². The van der Waals surface area contributed by atoms with Crippen molar-refractivity contribution in [2.24, 2.45) is 5.92 Å². The first-order chi connectivity index (χ1) is 11.7. The minimum atomic E-state index is 0.147. The molecule has 3 atom stereocenters. The number of aryl methyl sites for hydroxylation is 1. The topological polar surface area (TPSA) is 26.3 Å². The number of hydrogen-bond acceptors (Lipinski definition) is 2. The van der Waals surface area contributed by atoms with Crippen LogP contribution in [0.15, 0.2) is 60.7 Å². The van der Waals surface area contributed by atoms with Gasteiger partial charge in [-0.1, -0.05) is 60.7 Å². The van der Waals surface area contributed by atoms with Crippen LogP contribution in [0, 0.1) is 5.92 Å². The molecule has 1 fully saturated rings. The highest BCUT2D eigenvalue weighted by Gasteiger charge is 2.31. The second-order valence-electron chi connectivity index (χ2n) is 6.87. The molecule has 24 heavy (non-hydrogen) atoms. The molecule has 0 amide bonds. The number of benzene rings is 2. The van der Waals surface area contributed by atoms with Crippen LogP contribution < -0.4 is 0 Å². The van der Waals surface area contributed by atoms with Crippen molar-refractivity contribution in [2.45, 2.75) is 51.2 Å². The molecular formula is C22H26O2. The molecule has 0 N–H and O–H groups in total. The average Bonchev–Trinajstić information content (AvgIpc) is 2.61. The number of Topliss-reactive ketones (excluding diaryl/α,β-unsaturated/α-hetero) is 1. The van der Waals surface area contributed by atoms with Crippen LogP contribution >= 0.6 is 0 Å². The molecule has 0 bridgehead atoms. The predicted octanol–water partition coefficient (Wildman–Crippen LogP) is 4.61. The summed E-state index contributed by atoms with van der Waals surface area (Å²) in [6, 6.07) is 21.0. The van der Waals surface area contributed by atoms with E-state index in [4.69, 9.17) is 4.74 Å². The lowest BCUT2D eigenvalue weighted by atomic mass is 9.85. The molecule has 0 aliphatic carbocycles. The van der Waals surface area contributed by atoms with E-state index in [0.717, 1.165) is 32.1 Å². The van der Waals surface area contributed by atoms with Gasteiger partial charge in [0.1, 0.15) is 5.78 Å². The van der Waals surface area contributed by atoms with Gasteiger partial charge in [-0.05, 0) is 50.2 Å². The zero-order valence-corrected chi connectivity index (χ0v) is 14.4. The maximum atomic E-state index is 12.0. The second kappa shape index (κ2) is 8.25. The molecule has 2 aromatic carbocycles. The molecule has 1 aliphatic rings. The average molecular weight is 322 g/mol. The summed E-state index contributed by atoms with van der Waals surface area (Å²) in [6.07, 6.45) is 4.94. The van der Waals surface area contributed by atoms with Gasteiger partial charge in [-0.25, -0.2) is 0 Å². The summed E-state index contributed by atoms with van der Waals surface area (Å²) in [4.78, 5) is 12.0. The first-order valence-electron chi connectivity index (χ1n) is 8.94. The molecule has 0 saturated carbocycles. The van der Waals surface area contributed by atoms with Crippen LogP contribution in [0.25, 0.3) is 0 Å². The lowest BCUT2D eigenvalue weighted by molar-refractivity contribution is -0.131. The van der Waals surface area contributed by atoms with E-state index in [2.05, 4.69) is 48.5 Å². The van der Waals surface area contributed by atoms with E-state index in [1.54, 1.807) is 6.92 Å². The van der Waals surface area contributed by atoms with Gasteiger partial charge in [0.2, 0.25) is 0 Å². The van der Waals surface area contributed by atoms with Gasteiger partial charge in [0.15, 0.2) is 0 Å². The normalized spacial score (nSPS) is 23.8. The van der Waals surface area contributed by atoms with Crippen LogP contribution in [0.2, 0.25) is 0 Å². The monoisotopic (exact) mass is 322 g/mol. The lowest BCUT2D eigenvalue weighted by Gasteiger charge is -2.35. The number of ketones is 1. The quantitative estimate of drug-likeness (QED) is 0.776. The molecular weight excluding hydrogens is 296 g/mol. The van der Waals surface area contributed by atoms with E-state index in [0.29, 0.717) is 5.78 Å². The molecule has 126 valence electrons. The van der Waals surface area contributed by atoms with Crippen LogP contribution in [0.5, 0.6) is 0 Å². The lowest BCUT2D eigenvalue weighted by Crippen LogP contribution is -2.37. The number of ether oxygens (including phenoxy) is 1. The van der Waals surface area contributed by atoms with Crippen molar-refractivity contribution in [3.05, 3.63) is 71.8 Å². The molecule has 0 radical (unpaired) electrons. The summed E-state index contributed by atoms with van der Waals surface area (Å²) in [5, 5.41) is 0. The van der Waals surface area contributed by atoms with Crippen LogP contribution in [0.3, 0.4) is 0 Å². The zero-order valence-electron chi connectivity index (χ0n) is 14.4. The van der Waals surface area contributed by atoms with Gasteiger partial charge in [-0.3, -0.25) is 4.79 Å². The third-order valence-electron chi connectivity index (χ3n) is 4.96. The molecule has 1 aliphatic heterocycles. The van der Waals surface area contributed by atoms with E-state index in [9.17, 15) is 4.79 Å². The summed E-state index contributed by atoms with van der Waals surface area (Å²) in [5.41, 5.74) is 2.62. The molecule has 3 rings (SSSR count). The highest BCUT2D eigenvalue weighted by Crippen LogP contribution is 2.30. The fourth-order valence-corrected chi connectivity index (χ4v) is 3.61. The summed E-state index contributed by atoms with van der Waals surface area (Å²) < 4.78 is 6.34. The van der Waals surface area contributed by atoms with Gasteiger partial charge in [-0.2, -0.15) is 0 Å². The second-order valence-corrected chi connectivity index (χ2v) is 6.87. The Morgan fingerprint density at radius 1 is 0.917 bits per heavy atom. The first-order valence-corrected chi connectivity index (χ1v) is 8.94. The Hall–Kier alpha value is -1.93. The largest absolute Gasteiger partial charge is 0.375 e. The highest BCUT2D eigenvalue weighted by molar-refractivity contribution is 5.78. The molecule has 0 spiro atoms. The maximum Gasteiger partial charge on any atom is 0.133 e. The molecule has 1 saturated heterocycles. The Morgan fingerprint density at radius 2 is 1.50 bits per heavy atom. The smallest absolute Gasteiger partial charge is 0.133 e. The van der Waals surface area contributed by atoms with Crippen LogP contribution in [-0.4, -0.2) is 18.0 Å². The standard InChI is InChI=1S/C22H26O2/c1-17(23)20-15-21(13-12-18-8-4-2-5-9-18)24-22(16-20)14-19-10-6-3-7-11-19/h2-11,20-22H,12-16H2,1H3/t20-,21-,22+/m1/s1. The van der Waals surface area contributed by atoms with Gasteiger partial charge < -0.3 is 4.74 Å². The third-order valence-corrected chi connectivity index (χ3v) is 4.96. The van der Waals surface area contributed by atoms with Crippen LogP contribution in [-0.2, 0) is 22.4 Å². The SMILES string of the molecule is CC(=O)[C@@H]1C[C@@H](CCc2ccccc2)O[C@@H](Cc2ccccc2)C1. The Labute approximate surface area is 144 Å². The van der Waals surface area contributed by atoms with Crippen molar-refractivity contribution in [1.82, 2.24) is 0 Å². The summed E-state index contributed by atoms with van der Waals surface area (Å²) in [7, 11) is 0. The van der Waals surface area contributed by atoms with Crippen molar-refractivity contribution >= 4 is 5.78 Å². The Bertz CT molecular complexity index is 636. The van der Waals surface area contributed by atoms with Gasteiger partial charge >= 0.3 is 0 Å². The Morgan fingerprint density at radius 3 is 2.12 bits per heavy atom. The Balaban J connectivity index is 1.62. The third kappa shape index (κ3) is 4.78. The van der Waals surface area contributed by atoms with Crippen molar-refractivity contribution < 1.29 is 9.53 Å². The molecule has 1 heterocycles. The van der Waals surface area contributed by atoms with Crippen LogP contribution in [0.4, 0.5) is 0 Å². The van der Waals surface area contributed by atoms with E-state index in [1.165, 1.54) is 11.1 Å². The van der Waals surface area contributed by atoms with E-state index in [1.807, 2.05) is 12.1 Å². The van der Waals surface area contributed by atoms with Crippen molar-refractivity contribution in [3.8, 4) is 0 Å². The van der Waals surface area contributed by atoms with Gasteiger partial charge in [0.25, 0.3) is 0 Å². The van der Waals surface area contributed by atoms with Crippen LogP contribution in [0.1, 0.15) is 37.3 Å². The van der Waals surface area contributed by atoms with Gasteiger partial charge in [0.05, 0.1) is 12.2 Å². The number of rotatable bonds is 6. The van der Waals surface area contributed by atoms with Crippen molar-refractivity contribution in [2.75, 3.05) is 0 Å². The summed E-state index contributed by atoms with van der Waals surface area (Å²) in [6.45, 7) is 1.73. The van der Waals surface area contributed by atoms with Crippen molar-refractivity contribution in [3.63, 3.8) is 0 Å². The molecule has 2 heteroatoms. The fraction of sp³-hybridized carbons (Fsp3) is 0.409. The number of hydrogen-bond donors (Lipinski definition) is 0. The molecule has 0 unspecified atom stereocenters. The van der Waals surface area contributed by atoms with Crippen molar-refractivity contribution in [1.29, 1.82) is 0 Å². The van der Waals surface area contributed by atoms with Gasteiger partial charge in [0, 0.05) is 5.92 Å². The molecule has 0 aromatic heterocycles.